The van der Waals surface area contributed by atoms with Crippen LogP contribution < -0.4 is 0 Å². The smallest absolute Gasteiger partial charge is 0.339 e. The molecule has 0 aromatic carbocycles. The average Bonchev–Trinajstić information content (AvgIpc) is 2.15. The molecular weight excluding hydrogens is 184 g/mol. The zero-order chi connectivity index (χ0) is 11.2. The lowest BCUT2D eigenvalue weighted by Crippen LogP contribution is -2.00. The Morgan fingerprint density at radius 2 is 1.79 bits per heavy atom. The maximum absolute atomic E-state index is 10.1. The zero-order valence-corrected chi connectivity index (χ0v) is 9.41. The van der Waals surface area contributed by atoms with E-state index in [1.165, 1.54) is 6.92 Å². The SMILES string of the molecule is CCCCO.CCCCOOC(C)=O. The molecule has 0 heterocycles. The van der Waals surface area contributed by atoms with Crippen LogP contribution in [0, 0.1) is 0 Å². The van der Waals surface area contributed by atoms with Gasteiger partial charge in [0.15, 0.2) is 0 Å². The third kappa shape index (κ3) is 22.5. The average molecular weight is 206 g/mol. The minimum Gasteiger partial charge on any atom is -0.396 e. The number of hydrogen-bond donors (Lipinski definition) is 1. The second-order valence-corrected chi connectivity index (χ2v) is 2.83. The number of hydrogen-bond acceptors (Lipinski definition) is 4. The molecular formula is C10H22O4. The van der Waals surface area contributed by atoms with Crippen LogP contribution in [0.3, 0.4) is 0 Å². The second kappa shape index (κ2) is 14.9. The van der Waals surface area contributed by atoms with Gasteiger partial charge >= 0.3 is 5.97 Å². The summed E-state index contributed by atoms with van der Waals surface area (Å²) in [6.07, 6.45) is 4.01. The topological polar surface area (TPSA) is 55.8 Å². The lowest BCUT2D eigenvalue weighted by molar-refractivity contribution is -0.270. The van der Waals surface area contributed by atoms with Crippen LogP contribution in [0.4, 0.5) is 0 Å². The van der Waals surface area contributed by atoms with Crippen LogP contribution in [0.5, 0.6) is 0 Å². The van der Waals surface area contributed by atoms with Gasteiger partial charge in [0.2, 0.25) is 0 Å². The lowest BCUT2D eigenvalue weighted by atomic mass is 10.4. The van der Waals surface area contributed by atoms with Gasteiger partial charge < -0.3 is 5.11 Å². The lowest BCUT2D eigenvalue weighted by Gasteiger charge is -1.97. The monoisotopic (exact) mass is 206 g/mol. The van der Waals surface area contributed by atoms with E-state index < -0.39 is 5.97 Å². The van der Waals surface area contributed by atoms with Gasteiger partial charge in [-0.1, -0.05) is 26.7 Å². The van der Waals surface area contributed by atoms with Crippen LogP contribution in [0.1, 0.15) is 46.5 Å². The molecule has 0 bridgehead atoms. The highest BCUT2D eigenvalue weighted by Gasteiger charge is 1.90. The Morgan fingerprint density at radius 3 is 2.07 bits per heavy atom. The number of carbonyl (C=O) groups excluding carboxylic acids is 1. The number of unbranched alkanes of at least 4 members (excludes halogenated alkanes) is 2. The van der Waals surface area contributed by atoms with Crippen molar-refractivity contribution in [1.82, 2.24) is 0 Å². The summed E-state index contributed by atoms with van der Waals surface area (Å²) in [4.78, 5) is 18.8. The first-order chi connectivity index (χ1) is 6.68. The van der Waals surface area contributed by atoms with Crippen molar-refractivity contribution in [3.05, 3.63) is 0 Å². The summed E-state index contributed by atoms with van der Waals surface area (Å²) in [5.74, 6) is -0.397. The van der Waals surface area contributed by atoms with Crippen LogP contribution in [0.25, 0.3) is 0 Å². The molecule has 0 saturated heterocycles. The molecule has 4 nitrogen and oxygen atoms in total. The molecule has 0 aromatic rings. The first-order valence-corrected chi connectivity index (χ1v) is 5.09. The Balaban J connectivity index is 0. The summed E-state index contributed by atoms with van der Waals surface area (Å²) in [5.41, 5.74) is 0. The quantitative estimate of drug-likeness (QED) is 0.410. The summed E-state index contributed by atoms with van der Waals surface area (Å²) in [5, 5.41) is 8.07. The molecule has 0 aliphatic rings. The predicted octanol–water partition coefficient (Wildman–Crippen LogP) is 2.06. The van der Waals surface area contributed by atoms with Gasteiger partial charge in [-0.15, -0.1) is 0 Å². The standard InChI is InChI=1S/C6H12O3.C4H10O/c1-3-4-5-8-9-6(2)7;1-2-3-4-5/h3-5H2,1-2H3;5H,2-4H2,1H3. The summed E-state index contributed by atoms with van der Waals surface area (Å²) in [6, 6.07) is 0. The maximum Gasteiger partial charge on any atom is 0.339 e. The fourth-order valence-corrected chi connectivity index (χ4v) is 0.486. The van der Waals surface area contributed by atoms with Crippen molar-refractivity contribution in [3.8, 4) is 0 Å². The van der Waals surface area contributed by atoms with Crippen molar-refractivity contribution in [2.45, 2.75) is 46.5 Å². The second-order valence-electron chi connectivity index (χ2n) is 2.83. The van der Waals surface area contributed by atoms with E-state index in [-0.39, 0.29) is 0 Å². The molecule has 1 N–H and O–H groups in total. The third-order valence-electron chi connectivity index (χ3n) is 1.27. The van der Waals surface area contributed by atoms with Gasteiger partial charge in [-0.2, -0.15) is 4.89 Å². The Hall–Kier alpha value is -0.610. The van der Waals surface area contributed by atoms with Gasteiger partial charge in [0.05, 0.1) is 6.61 Å². The van der Waals surface area contributed by atoms with Gasteiger partial charge in [0, 0.05) is 13.5 Å². The van der Waals surface area contributed by atoms with E-state index in [2.05, 4.69) is 16.7 Å². The first kappa shape index (κ1) is 15.8. The molecule has 0 amide bonds. The van der Waals surface area contributed by atoms with E-state index in [0.29, 0.717) is 13.2 Å². The normalized spacial score (nSPS) is 8.86. The van der Waals surface area contributed by atoms with Crippen LogP contribution in [0.15, 0.2) is 0 Å². The van der Waals surface area contributed by atoms with E-state index in [1.807, 2.05) is 6.92 Å². The zero-order valence-electron chi connectivity index (χ0n) is 9.41. The van der Waals surface area contributed by atoms with Gasteiger partial charge in [-0.25, -0.2) is 4.79 Å². The molecule has 0 aliphatic heterocycles. The Kier molecular flexibility index (Phi) is 16.9. The molecule has 0 fully saturated rings. The van der Waals surface area contributed by atoms with E-state index in [1.54, 1.807) is 0 Å². The third-order valence-corrected chi connectivity index (χ3v) is 1.27. The van der Waals surface area contributed by atoms with E-state index >= 15 is 0 Å². The largest absolute Gasteiger partial charge is 0.396 e. The molecule has 4 heteroatoms. The molecule has 0 saturated carbocycles. The van der Waals surface area contributed by atoms with Crippen molar-refractivity contribution in [2.24, 2.45) is 0 Å². The highest BCUT2D eigenvalue weighted by Crippen LogP contribution is 1.88. The Labute approximate surface area is 86.1 Å². The van der Waals surface area contributed by atoms with Crippen molar-refractivity contribution >= 4 is 5.97 Å². The van der Waals surface area contributed by atoms with Crippen molar-refractivity contribution in [3.63, 3.8) is 0 Å². The molecule has 0 atom stereocenters. The van der Waals surface area contributed by atoms with E-state index in [9.17, 15) is 4.79 Å². The Morgan fingerprint density at radius 1 is 1.21 bits per heavy atom. The first-order valence-electron chi connectivity index (χ1n) is 5.09. The predicted molar refractivity (Wildman–Crippen MR) is 54.6 cm³/mol. The molecule has 0 aliphatic carbocycles. The highest BCUT2D eigenvalue weighted by atomic mass is 17.2. The highest BCUT2D eigenvalue weighted by molar-refractivity contribution is 5.65. The van der Waals surface area contributed by atoms with Gasteiger partial charge in [0.1, 0.15) is 0 Å². The fraction of sp³-hybridized carbons (Fsp3) is 0.900. The minimum absolute atomic E-state index is 0.344. The molecule has 0 radical (unpaired) electrons. The van der Waals surface area contributed by atoms with Crippen LogP contribution in [-0.2, 0) is 14.6 Å². The van der Waals surface area contributed by atoms with Crippen molar-refractivity contribution in [2.75, 3.05) is 13.2 Å². The number of aliphatic hydroxyl groups is 1. The summed E-state index contributed by atoms with van der Waals surface area (Å²) in [7, 11) is 0. The molecule has 14 heavy (non-hydrogen) atoms. The number of carbonyl (C=O) groups is 1. The van der Waals surface area contributed by atoms with Gasteiger partial charge in [0.25, 0.3) is 0 Å². The maximum atomic E-state index is 10.1. The minimum atomic E-state index is -0.397. The molecule has 0 rings (SSSR count). The summed E-state index contributed by atoms with van der Waals surface area (Å²) in [6.45, 7) is 6.24. The molecule has 86 valence electrons. The van der Waals surface area contributed by atoms with E-state index in [4.69, 9.17) is 5.11 Å². The number of rotatable bonds is 6. The number of aliphatic hydroxyl groups excluding tert-OH is 1. The van der Waals surface area contributed by atoms with Gasteiger partial charge in [-0.3, -0.25) is 4.89 Å². The Bertz CT molecular complexity index is 113. The molecule has 0 spiro atoms. The fourth-order valence-electron chi connectivity index (χ4n) is 0.486. The van der Waals surface area contributed by atoms with E-state index in [0.717, 1.165) is 25.7 Å². The van der Waals surface area contributed by atoms with Crippen molar-refractivity contribution in [1.29, 1.82) is 0 Å². The van der Waals surface area contributed by atoms with Crippen LogP contribution in [0.2, 0.25) is 0 Å². The summed E-state index contributed by atoms with van der Waals surface area (Å²) >= 11 is 0. The summed E-state index contributed by atoms with van der Waals surface area (Å²) < 4.78 is 0. The van der Waals surface area contributed by atoms with Crippen molar-refractivity contribution < 1.29 is 19.7 Å². The molecule has 0 aromatic heterocycles. The van der Waals surface area contributed by atoms with Crippen LogP contribution >= 0.6 is 0 Å². The van der Waals surface area contributed by atoms with Gasteiger partial charge in [-0.05, 0) is 12.8 Å². The molecule has 0 unspecified atom stereocenters. The van der Waals surface area contributed by atoms with Crippen LogP contribution in [-0.4, -0.2) is 24.3 Å².